The lowest BCUT2D eigenvalue weighted by molar-refractivity contribution is -0.143. The number of cyclic esters (lactones) is 1. The Morgan fingerprint density at radius 3 is 2.62 bits per heavy atom. The number of hydrogen-bond donors (Lipinski definition) is 1. The maximum absolute atomic E-state index is 12.2. The summed E-state index contributed by atoms with van der Waals surface area (Å²) in [6.07, 6.45) is 11.8. The van der Waals surface area contributed by atoms with Gasteiger partial charge in [-0.3, -0.25) is 9.59 Å². The molecule has 0 aromatic carbocycles. The van der Waals surface area contributed by atoms with E-state index < -0.39 is 5.66 Å². The van der Waals surface area contributed by atoms with Gasteiger partial charge in [-0.1, -0.05) is 45.4 Å². The first-order valence-corrected chi connectivity index (χ1v) is 9.52. The molecule has 2 rings (SSSR count). The summed E-state index contributed by atoms with van der Waals surface area (Å²) in [6.45, 7) is 2.68. The van der Waals surface area contributed by atoms with Gasteiger partial charge in [-0.2, -0.15) is 10.2 Å². The third-order valence-corrected chi connectivity index (χ3v) is 4.75. The number of ether oxygens (including phenoxy) is 1. The van der Waals surface area contributed by atoms with E-state index in [0.29, 0.717) is 13.0 Å². The molecule has 0 aromatic heterocycles. The standard InChI is InChI=1S/C18H31N3O3/c1-2-3-4-5-6-7-8-11-18(20-21-18)14-16(22)19-15-10-9-12-24-17(23)13-15/h15H,2-14H2,1H3,(H,19,22). The molecule has 1 atom stereocenters. The molecule has 1 N–H and O–H groups in total. The van der Waals surface area contributed by atoms with Gasteiger partial charge in [0.2, 0.25) is 5.91 Å². The molecule has 6 heteroatoms. The van der Waals surface area contributed by atoms with E-state index in [2.05, 4.69) is 22.5 Å². The van der Waals surface area contributed by atoms with Gasteiger partial charge in [0.15, 0.2) is 5.66 Å². The molecular formula is C18H31N3O3. The van der Waals surface area contributed by atoms with E-state index >= 15 is 0 Å². The second kappa shape index (κ2) is 9.74. The first-order chi connectivity index (χ1) is 11.6. The van der Waals surface area contributed by atoms with Gasteiger partial charge in [-0.15, -0.1) is 0 Å². The van der Waals surface area contributed by atoms with Gasteiger partial charge >= 0.3 is 5.97 Å². The number of carbonyl (C=O) groups excluding carboxylic acids is 2. The van der Waals surface area contributed by atoms with Crippen LogP contribution in [-0.2, 0) is 14.3 Å². The smallest absolute Gasteiger partial charge is 0.307 e. The number of esters is 1. The summed E-state index contributed by atoms with van der Waals surface area (Å²) in [7, 11) is 0. The zero-order valence-corrected chi connectivity index (χ0v) is 14.9. The number of amides is 1. The summed E-state index contributed by atoms with van der Waals surface area (Å²) in [5, 5.41) is 11.2. The fourth-order valence-corrected chi connectivity index (χ4v) is 3.23. The average molecular weight is 337 g/mol. The van der Waals surface area contributed by atoms with Crippen LogP contribution >= 0.6 is 0 Å². The van der Waals surface area contributed by atoms with Crippen molar-refractivity contribution in [2.45, 2.75) is 95.7 Å². The molecule has 0 aliphatic carbocycles. The zero-order valence-electron chi connectivity index (χ0n) is 14.9. The van der Waals surface area contributed by atoms with Crippen LogP contribution in [-0.4, -0.2) is 30.2 Å². The Hall–Kier alpha value is -1.46. The van der Waals surface area contributed by atoms with Crippen LogP contribution in [0.1, 0.15) is 84.0 Å². The van der Waals surface area contributed by atoms with Crippen LogP contribution in [0.25, 0.3) is 0 Å². The van der Waals surface area contributed by atoms with Crippen LogP contribution in [0.2, 0.25) is 0 Å². The molecule has 0 bridgehead atoms. The Morgan fingerprint density at radius 1 is 1.21 bits per heavy atom. The monoisotopic (exact) mass is 337 g/mol. The normalized spacial score (nSPS) is 21.9. The number of nitrogens with zero attached hydrogens (tertiary/aromatic N) is 2. The van der Waals surface area contributed by atoms with E-state index in [1.807, 2.05) is 0 Å². The van der Waals surface area contributed by atoms with Crippen molar-refractivity contribution >= 4 is 11.9 Å². The summed E-state index contributed by atoms with van der Waals surface area (Å²) in [6, 6.07) is -0.109. The lowest BCUT2D eigenvalue weighted by Gasteiger charge is -2.16. The second-order valence-corrected chi connectivity index (χ2v) is 7.06. The van der Waals surface area contributed by atoms with Gasteiger partial charge in [0.25, 0.3) is 0 Å². The molecule has 0 radical (unpaired) electrons. The lowest BCUT2D eigenvalue weighted by Crippen LogP contribution is -2.38. The largest absolute Gasteiger partial charge is 0.466 e. The average Bonchev–Trinajstić information content (AvgIpc) is 3.32. The molecule has 1 saturated heterocycles. The van der Waals surface area contributed by atoms with Crippen molar-refractivity contribution in [3.8, 4) is 0 Å². The van der Waals surface area contributed by atoms with Crippen LogP contribution in [0.4, 0.5) is 0 Å². The van der Waals surface area contributed by atoms with E-state index in [9.17, 15) is 9.59 Å². The van der Waals surface area contributed by atoms with Gasteiger partial charge in [0.05, 0.1) is 19.4 Å². The molecule has 0 saturated carbocycles. The Balaban J connectivity index is 1.59. The highest BCUT2D eigenvalue weighted by Gasteiger charge is 2.41. The Kier molecular flexibility index (Phi) is 7.66. The maximum Gasteiger partial charge on any atom is 0.307 e. The van der Waals surface area contributed by atoms with Crippen LogP contribution in [0, 0.1) is 0 Å². The minimum Gasteiger partial charge on any atom is -0.466 e. The van der Waals surface area contributed by atoms with Crippen LogP contribution in [0.5, 0.6) is 0 Å². The van der Waals surface area contributed by atoms with Gasteiger partial charge < -0.3 is 10.1 Å². The molecule has 2 heterocycles. The molecule has 6 nitrogen and oxygen atoms in total. The predicted octanol–water partition coefficient (Wildman–Crippen LogP) is 3.89. The molecule has 0 aromatic rings. The van der Waals surface area contributed by atoms with Crippen LogP contribution in [0.15, 0.2) is 10.2 Å². The van der Waals surface area contributed by atoms with Crippen molar-refractivity contribution in [2.24, 2.45) is 10.2 Å². The maximum atomic E-state index is 12.2. The van der Waals surface area contributed by atoms with E-state index in [0.717, 1.165) is 25.7 Å². The van der Waals surface area contributed by atoms with Crippen LogP contribution in [0.3, 0.4) is 0 Å². The highest BCUT2D eigenvalue weighted by Crippen LogP contribution is 2.37. The zero-order chi connectivity index (χ0) is 17.3. The Bertz CT molecular complexity index is 445. The van der Waals surface area contributed by atoms with Crippen LogP contribution < -0.4 is 5.32 Å². The van der Waals surface area contributed by atoms with Crippen molar-refractivity contribution in [1.82, 2.24) is 5.32 Å². The van der Waals surface area contributed by atoms with Crippen molar-refractivity contribution in [3.05, 3.63) is 0 Å². The lowest BCUT2D eigenvalue weighted by atomic mass is 9.99. The highest BCUT2D eigenvalue weighted by atomic mass is 16.5. The number of hydrogen-bond acceptors (Lipinski definition) is 5. The number of nitrogens with one attached hydrogen (secondary N) is 1. The van der Waals surface area contributed by atoms with E-state index in [4.69, 9.17) is 4.74 Å². The van der Waals surface area contributed by atoms with E-state index in [1.165, 1.54) is 38.5 Å². The third-order valence-electron chi connectivity index (χ3n) is 4.75. The quantitative estimate of drug-likeness (QED) is 0.459. The van der Waals surface area contributed by atoms with Crippen molar-refractivity contribution < 1.29 is 14.3 Å². The van der Waals surface area contributed by atoms with E-state index in [-0.39, 0.29) is 24.3 Å². The number of unbranched alkanes of at least 4 members (excludes halogenated alkanes) is 6. The molecule has 1 fully saturated rings. The molecule has 2 aliphatic heterocycles. The fraction of sp³-hybridized carbons (Fsp3) is 0.889. The highest BCUT2D eigenvalue weighted by molar-refractivity contribution is 5.79. The second-order valence-electron chi connectivity index (χ2n) is 7.06. The summed E-state index contributed by atoms with van der Waals surface area (Å²) in [5.41, 5.74) is -0.473. The van der Waals surface area contributed by atoms with E-state index in [1.54, 1.807) is 0 Å². The minimum atomic E-state index is -0.473. The van der Waals surface area contributed by atoms with Crippen molar-refractivity contribution in [3.63, 3.8) is 0 Å². The number of rotatable bonds is 11. The Morgan fingerprint density at radius 2 is 1.92 bits per heavy atom. The molecule has 2 aliphatic rings. The molecular weight excluding hydrogens is 306 g/mol. The summed E-state index contributed by atoms with van der Waals surface area (Å²) in [4.78, 5) is 23.6. The summed E-state index contributed by atoms with van der Waals surface area (Å²) < 4.78 is 5.00. The first-order valence-electron chi connectivity index (χ1n) is 9.52. The Labute approximate surface area is 144 Å². The topological polar surface area (TPSA) is 80.1 Å². The molecule has 136 valence electrons. The molecule has 1 unspecified atom stereocenters. The van der Waals surface area contributed by atoms with Gasteiger partial charge in [-0.25, -0.2) is 0 Å². The van der Waals surface area contributed by atoms with Gasteiger partial charge in [0.1, 0.15) is 0 Å². The number of carbonyl (C=O) groups is 2. The fourth-order valence-electron chi connectivity index (χ4n) is 3.23. The van der Waals surface area contributed by atoms with Gasteiger partial charge in [0, 0.05) is 6.04 Å². The molecule has 24 heavy (non-hydrogen) atoms. The SMILES string of the molecule is CCCCCCCCCC1(CC(=O)NC2CCCOC(=O)C2)N=N1. The summed E-state index contributed by atoms with van der Waals surface area (Å²) >= 11 is 0. The third kappa shape index (κ3) is 6.97. The van der Waals surface area contributed by atoms with Crippen molar-refractivity contribution in [1.29, 1.82) is 0 Å². The van der Waals surface area contributed by atoms with Crippen molar-refractivity contribution in [2.75, 3.05) is 6.61 Å². The predicted molar refractivity (Wildman–Crippen MR) is 91.6 cm³/mol. The molecule has 0 spiro atoms. The van der Waals surface area contributed by atoms with Gasteiger partial charge in [-0.05, 0) is 25.7 Å². The minimum absolute atomic E-state index is 0.0531. The summed E-state index contributed by atoms with van der Waals surface area (Å²) in [5.74, 6) is -0.279. The first kappa shape index (κ1) is 18.9. The molecule has 1 amide bonds.